The molecule has 0 radical (unpaired) electrons. The normalized spacial score (nSPS) is 24.3. The Morgan fingerprint density at radius 2 is 2.05 bits per heavy atom. The van der Waals surface area contributed by atoms with Crippen molar-refractivity contribution in [2.75, 3.05) is 24.6 Å². The van der Waals surface area contributed by atoms with Gasteiger partial charge in [-0.15, -0.1) is 0 Å². The molecule has 3 heterocycles. The van der Waals surface area contributed by atoms with Crippen LogP contribution in [0.4, 0.5) is 5.82 Å². The van der Waals surface area contributed by atoms with Crippen molar-refractivity contribution >= 4 is 17.4 Å². The van der Waals surface area contributed by atoms with Gasteiger partial charge in [-0.1, -0.05) is 11.6 Å². The molecule has 0 saturated carbocycles. The molecule has 0 unspecified atom stereocenters. The molecule has 0 amide bonds. The van der Waals surface area contributed by atoms with Gasteiger partial charge in [0.15, 0.2) is 6.29 Å². The van der Waals surface area contributed by atoms with E-state index in [2.05, 4.69) is 14.9 Å². The summed E-state index contributed by atoms with van der Waals surface area (Å²) in [7, 11) is 0. The molecule has 3 rings (SSSR count). The van der Waals surface area contributed by atoms with Gasteiger partial charge < -0.3 is 14.4 Å². The van der Waals surface area contributed by atoms with Crippen LogP contribution in [0.5, 0.6) is 0 Å². The second-order valence-corrected chi connectivity index (χ2v) is 6.10. The zero-order valence-electron chi connectivity index (χ0n) is 12.4. The van der Waals surface area contributed by atoms with Crippen molar-refractivity contribution in [1.82, 2.24) is 9.97 Å². The van der Waals surface area contributed by atoms with Gasteiger partial charge in [-0.2, -0.15) is 0 Å². The van der Waals surface area contributed by atoms with Crippen molar-refractivity contribution in [2.24, 2.45) is 0 Å². The summed E-state index contributed by atoms with van der Waals surface area (Å²) in [5.74, 6) is 1.63. The Labute approximate surface area is 130 Å². The monoisotopic (exact) mass is 311 g/mol. The number of nitrogens with zero attached hydrogens (tertiary/aromatic N) is 3. The van der Waals surface area contributed by atoms with E-state index in [-0.39, 0.29) is 6.29 Å². The van der Waals surface area contributed by atoms with Crippen LogP contribution in [0.3, 0.4) is 0 Å². The summed E-state index contributed by atoms with van der Waals surface area (Å²) in [4.78, 5) is 10.8. The minimum absolute atomic E-state index is 0.00559. The van der Waals surface area contributed by atoms with Crippen LogP contribution in [0.2, 0.25) is 5.15 Å². The Morgan fingerprint density at radius 3 is 2.71 bits per heavy atom. The number of ether oxygens (including phenoxy) is 2. The largest absolute Gasteiger partial charge is 0.356 e. The van der Waals surface area contributed by atoms with Crippen LogP contribution in [0.25, 0.3) is 0 Å². The Hall–Kier alpha value is -0.910. The lowest BCUT2D eigenvalue weighted by atomic mass is 10.1. The van der Waals surface area contributed by atoms with Crippen molar-refractivity contribution in [3.8, 4) is 0 Å². The lowest BCUT2D eigenvalue weighted by Crippen LogP contribution is -2.40. The van der Waals surface area contributed by atoms with Gasteiger partial charge in [0.1, 0.15) is 16.8 Å². The molecule has 2 aliphatic rings. The number of hydrogen-bond acceptors (Lipinski definition) is 5. The summed E-state index contributed by atoms with van der Waals surface area (Å²) in [6.07, 6.45) is 5.70. The molecule has 0 bridgehead atoms. The average molecular weight is 312 g/mol. The third-order valence-corrected chi connectivity index (χ3v) is 4.23. The van der Waals surface area contributed by atoms with Crippen molar-refractivity contribution in [1.29, 1.82) is 0 Å². The fourth-order valence-electron chi connectivity index (χ4n) is 2.93. The van der Waals surface area contributed by atoms with Gasteiger partial charge in [0, 0.05) is 25.8 Å². The van der Waals surface area contributed by atoms with E-state index in [4.69, 9.17) is 21.1 Å². The zero-order chi connectivity index (χ0) is 14.7. The first kappa shape index (κ1) is 15.0. The number of anilines is 1. The minimum Gasteiger partial charge on any atom is -0.356 e. The van der Waals surface area contributed by atoms with Gasteiger partial charge >= 0.3 is 0 Å². The highest BCUT2D eigenvalue weighted by Gasteiger charge is 2.25. The SMILES string of the molecule is Cc1nc(Cl)cc(N2CCC(O[C@@H]3CCCCO3)CC2)n1. The highest BCUT2D eigenvalue weighted by atomic mass is 35.5. The molecule has 2 fully saturated rings. The Kier molecular flexibility index (Phi) is 4.93. The Morgan fingerprint density at radius 1 is 1.24 bits per heavy atom. The number of rotatable bonds is 3. The van der Waals surface area contributed by atoms with Crippen LogP contribution in [-0.4, -0.2) is 42.1 Å². The van der Waals surface area contributed by atoms with E-state index < -0.39 is 0 Å². The fourth-order valence-corrected chi connectivity index (χ4v) is 3.15. The molecule has 1 aromatic heterocycles. The lowest BCUT2D eigenvalue weighted by Gasteiger charge is -2.35. The van der Waals surface area contributed by atoms with E-state index in [0.717, 1.165) is 51.2 Å². The topological polar surface area (TPSA) is 47.5 Å². The van der Waals surface area contributed by atoms with Gasteiger partial charge in [-0.25, -0.2) is 9.97 Å². The second-order valence-electron chi connectivity index (χ2n) is 5.71. The third kappa shape index (κ3) is 4.05. The molecule has 21 heavy (non-hydrogen) atoms. The molecule has 116 valence electrons. The van der Waals surface area contributed by atoms with E-state index in [1.165, 1.54) is 6.42 Å². The molecule has 0 aromatic carbocycles. The number of piperidine rings is 1. The maximum absolute atomic E-state index is 6.06. The van der Waals surface area contributed by atoms with Crippen molar-refractivity contribution < 1.29 is 9.47 Å². The van der Waals surface area contributed by atoms with Crippen molar-refractivity contribution in [3.05, 3.63) is 17.0 Å². The summed E-state index contributed by atoms with van der Waals surface area (Å²) in [6.45, 7) is 4.57. The van der Waals surface area contributed by atoms with Crippen molar-refractivity contribution in [3.63, 3.8) is 0 Å². The first-order valence-corrected chi connectivity index (χ1v) is 8.12. The third-order valence-electron chi connectivity index (χ3n) is 4.04. The van der Waals surface area contributed by atoms with Crippen LogP contribution in [0, 0.1) is 6.92 Å². The van der Waals surface area contributed by atoms with Crippen LogP contribution in [0.15, 0.2) is 6.07 Å². The standard InChI is InChI=1S/C15H22ClN3O2/c1-11-17-13(16)10-14(18-11)19-7-5-12(6-8-19)21-15-4-2-3-9-20-15/h10,12,15H,2-9H2,1H3/t15-/m1/s1. The summed E-state index contributed by atoms with van der Waals surface area (Å²) in [5, 5.41) is 0.506. The first-order valence-electron chi connectivity index (χ1n) is 7.74. The molecule has 1 atom stereocenters. The van der Waals surface area contributed by atoms with Gasteiger partial charge in [0.2, 0.25) is 0 Å². The molecular weight excluding hydrogens is 290 g/mol. The first-order chi connectivity index (χ1) is 10.2. The predicted octanol–water partition coefficient (Wildman–Crippen LogP) is 2.95. The van der Waals surface area contributed by atoms with E-state index in [1.807, 2.05) is 13.0 Å². The van der Waals surface area contributed by atoms with Gasteiger partial charge in [-0.3, -0.25) is 0 Å². The molecule has 6 heteroatoms. The molecule has 2 aliphatic heterocycles. The van der Waals surface area contributed by atoms with E-state index >= 15 is 0 Å². The van der Waals surface area contributed by atoms with Crippen LogP contribution >= 0.6 is 11.6 Å². The lowest BCUT2D eigenvalue weighted by molar-refractivity contribution is -0.191. The molecule has 0 N–H and O–H groups in total. The minimum atomic E-state index is 0.00559. The quantitative estimate of drug-likeness (QED) is 0.803. The highest BCUT2D eigenvalue weighted by Crippen LogP contribution is 2.24. The maximum atomic E-state index is 6.06. The van der Waals surface area contributed by atoms with E-state index in [9.17, 15) is 0 Å². The molecule has 2 saturated heterocycles. The van der Waals surface area contributed by atoms with Crippen LogP contribution in [0.1, 0.15) is 37.9 Å². The Balaban J connectivity index is 1.52. The van der Waals surface area contributed by atoms with E-state index in [1.54, 1.807) is 0 Å². The number of aromatic nitrogens is 2. The number of hydrogen-bond donors (Lipinski definition) is 0. The molecule has 1 aromatic rings. The smallest absolute Gasteiger partial charge is 0.157 e. The van der Waals surface area contributed by atoms with E-state index in [0.29, 0.717) is 17.1 Å². The van der Waals surface area contributed by atoms with Gasteiger partial charge in [0.25, 0.3) is 0 Å². The van der Waals surface area contributed by atoms with Gasteiger partial charge in [-0.05, 0) is 39.0 Å². The number of aryl methyl sites for hydroxylation is 1. The number of halogens is 1. The predicted molar refractivity (Wildman–Crippen MR) is 81.7 cm³/mol. The fraction of sp³-hybridized carbons (Fsp3) is 0.733. The Bertz CT molecular complexity index is 452. The van der Waals surface area contributed by atoms with Crippen LogP contribution < -0.4 is 4.90 Å². The summed E-state index contributed by atoms with van der Waals surface area (Å²) < 4.78 is 11.7. The zero-order valence-corrected chi connectivity index (χ0v) is 13.2. The average Bonchev–Trinajstić information content (AvgIpc) is 2.48. The maximum Gasteiger partial charge on any atom is 0.157 e. The van der Waals surface area contributed by atoms with Crippen LogP contribution in [-0.2, 0) is 9.47 Å². The summed E-state index contributed by atoms with van der Waals surface area (Å²) in [6, 6.07) is 1.83. The summed E-state index contributed by atoms with van der Waals surface area (Å²) >= 11 is 6.01. The summed E-state index contributed by atoms with van der Waals surface area (Å²) in [5.41, 5.74) is 0. The molecular formula is C15H22ClN3O2. The van der Waals surface area contributed by atoms with Gasteiger partial charge in [0.05, 0.1) is 6.10 Å². The molecule has 0 aliphatic carbocycles. The second kappa shape index (κ2) is 6.90. The molecule has 5 nitrogen and oxygen atoms in total. The van der Waals surface area contributed by atoms with Crippen molar-refractivity contribution in [2.45, 2.75) is 51.4 Å². The highest BCUT2D eigenvalue weighted by molar-refractivity contribution is 6.29. The molecule has 0 spiro atoms.